The SMILES string of the molecule is CCCNC(=O)C1(c2ccc(NC(=O)c3nnsc3C)cc2)CCC1. The number of nitrogens with zero attached hydrogens (tertiary/aromatic N) is 2. The van der Waals surface area contributed by atoms with E-state index in [4.69, 9.17) is 0 Å². The van der Waals surface area contributed by atoms with E-state index in [9.17, 15) is 9.59 Å². The molecule has 2 amide bonds. The van der Waals surface area contributed by atoms with Gasteiger partial charge in [-0.05, 0) is 55.4 Å². The zero-order valence-corrected chi connectivity index (χ0v) is 15.3. The second kappa shape index (κ2) is 7.31. The van der Waals surface area contributed by atoms with Crippen LogP contribution in [-0.2, 0) is 10.2 Å². The van der Waals surface area contributed by atoms with Crippen LogP contribution in [0.2, 0.25) is 0 Å². The third-order valence-corrected chi connectivity index (χ3v) is 5.37. The molecule has 2 N–H and O–H groups in total. The third kappa shape index (κ3) is 3.42. The van der Waals surface area contributed by atoms with Crippen LogP contribution >= 0.6 is 11.5 Å². The number of aryl methyl sites for hydroxylation is 1. The summed E-state index contributed by atoms with van der Waals surface area (Å²) in [5.74, 6) is -0.153. The molecule has 3 rings (SSSR count). The van der Waals surface area contributed by atoms with Crippen molar-refractivity contribution in [2.24, 2.45) is 0 Å². The largest absolute Gasteiger partial charge is 0.355 e. The highest BCUT2D eigenvalue weighted by molar-refractivity contribution is 7.05. The van der Waals surface area contributed by atoms with Gasteiger partial charge in [-0.2, -0.15) is 0 Å². The Bertz CT molecular complexity index is 766. The Hall–Kier alpha value is -2.28. The Kier molecular flexibility index (Phi) is 5.13. The Labute approximate surface area is 151 Å². The summed E-state index contributed by atoms with van der Waals surface area (Å²) in [5.41, 5.74) is 1.64. The monoisotopic (exact) mass is 358 g/mol. The lowest BCUT2D eigenvalue weighted by Gasteiger charge is -2.40. The predicted molar refractivity (Wildman–Crippen MR) is 97.9 cm³/mol. The first-order valence-corrected chi connectivity index (χ1v) is 9.33. The van der Waals surface area contributed by atoms with Gasteiger partial charge >= 0.3 is 0 Å². The second-order valence-electron chi connectivity index (χ2n) is 6.40. The lowest BCUT2D eigenvalue weighted by molar-refractivity contribution is -0.129. The molecule has 1 fully saturated rings. The van der Waals surface area contributed by atoms with E-state index >= 15 is 0 Å². The molecule has 1 heterocycles. The molecule has 1 aromatic carbocycles. The number of carbonyl (C=O) groups is 2. The van der Waals surface area contributed by atoms with Gasteiger partial charge in [-0.3, -0.25) is 9.59 Å². The molecule has 2 aromatic rings. The number of hydrogen-bond acceptors (Lipinski definition) is 5. The first-order valence-electron chi connectivity index (χ1n) is 8.56. The third-order valence-electron chi connectivity index (χ3n) is 4.74. The molecule has 0 atom stereocenters. The molecule has 0 aliphatic heterocycles. The van der Waals surface area contributed by atoms with Gasteiger partial charge in [-0.15, -0.1) is 5.10 Å². The number of benzene rings is 1. The Balaban J connectivity index is 1.72. The molecule has 0 radical (unpaired) electrons. The second-order valence-corrected chi connectivity index (χ2v) is 7.36. The van der Waals surface area contributed by atoms with E-state index in [0.29, 0.717) is 17.9 Å². The lowest BCUT2D eigenvalue weighted by Crippen LogP contribution is -2.49. The fourth-order valence-corrected chi connectivity index (χ4v) is 3.55. The molecule has 0 spiro atoms. The van der Waals surface area contributed by atoms with Crippen LogP contribution in [0.25, 0.3) is 0 Å². The Morgan fingerprint density at radius 1 is 1.24 bits per heavy atom. The fourth-order valence-electron chi connectivity index (χ4n) is 3.09. The number of anilines is 1. The van der Waals surface area contributed by atoms with Gasteiger partial charge in [-0.25, -0.2) is 0 Å². The summed E-state index contributed by atoms with van der Waals surface area (Å²) < 4.78 is 3.78. The summed E-state index contributed by atoms with van der Waals surface area (Å²) in [7, 11) is 0. The van der Waals surface area contributed by atoms with Crippen molar-refractivity contribution in [3.8, 4) is 0 Å². The zero-order valence-electron chi connectivity index (χ0n) is 14.5. The first kappa shape index (κ1) is 17.5. The summed E-state index contributed by atoms with van der Waals surface area (Å²) in [6, 6.07) is 7.56. The van der Waals surface area contributed by atoms with Crippen molar-refractivity contribution in [1.82, 2.24) is 14.9 Å². The highest BCUT2D eigenvalue weighted by Crippen LogP contribution is 2.44. The minimum Gasteiger partial charge on any atom is -0.355 e. The number of aromatic nitrogens is 2. The topological polar surface area (TPSA) is 84.0 Å². The van der Waals surface area contributed by atoms with E-state index < -0.39 is 5.41 Å². The fraction of sp³-hybridized carbons (Fsp3) is 0.444. The standard InChI is InChI=1S/C18H22N4O2S/c1-3-11-19-17(24)18(9-4-10-18)13-5-7-14(8-6-13)20-16(23)15-12(2)25-22-21-15/h5-8H,3-4,9-11H2,1-2H3,(H,19,24)(H,20,23). The van der Waals surface area contributed by atoms with Crippen LogP contribution in [0, 0.1) is 6.92 Å². The van der Waals surface area contributed by atoms with Gasteiger partial charge in [0.05, 0.1) is 10.3 Å². The van der Waals surface area contributed by atoms with Crippen molar-refractivity contribution < 1.29 is 9.59 Å². The average Bonchev–Trinajstić information content (AvgIpc) is 2.99. The van der Waals surface area contributed by atoms with Crippen LogP contribution in [0.3, 0.4) is 0 Å². The molecule has 0 saturated heterocycles. The number of carbonyl (C=O) groups excluding carboxylic acids is 2. The molecule has 1 aliphatic carbocycles. The van der Waals surface area contributed by atoms with Crippen LogP contribution in [-0.4, -0.2) is 27.9 Å². The van der Waals surface area contributed by atoms with Crippen molar-refractivity contribution in [2.75, 3.05) is 11.9 Å². The minimum atomic E-state index is -0.410. The van der Waals surface area contributed by atoms with Crippen LogP contribution in [0.1, 0.15) is 53.5 Å². The number of hydrogen-bond donors (Lipinski definition) is 2. The van der Waals surface area contributed by atoms with Crippen molar-refractivity contribution in [2.45, 2.75) is 44.9 Å². The van der Waals surface area contributed by atoms with Crippen molar-refractivity contribution in [3.63, 3.8) is 0 Å². The number of rotatable bonds is 6. The summed E-state index contributed by atoms with van der Waals surface area (Å²) >= 11 is 1.20. The summed E-state index contributed by atoms with van der Waals surface area (Å²) in [4.78, 5) is 25.6. The summed E-state index contributed by atoms with van der Waals surface area (Å²) in [6.07, 6.45) is 3.74. The molecule has 1 saturated carbocycles. The van der Waals surface area contributed by atoms with Gasteiger partial charge in [0.25, 0.3) is 5.91 Å². The quantitative estimate of drug-likeness (QED) is 0.831. The molecule has 7 heteroatoms. The molecule has 25 heavy (non-hydrogen) atoms. The number of amides is 2. The van der Waals surface area contributed by atoms with Crippen molar-refractivity contribution >= 4 is 29.0 Å². The summed E-state index contributed by atoms with van der Waals surface area (Å²) in [5, 5.41) is 9.70. The van der Waals surface area contributed by atoms with Gasteiger partial charge in [0, 0.05) is 12.2 Å². The molecule has 6 nitrogen and oxygen atoms in total. The minimum absolute atomic E-state index is 0.113. The van der Waals surface area contributed by atoms with Crippen molar-refractivity contribution in [1.29, 1.82) is 0 Å². The molecule has 132 valence electrons. The maximum Gasteiger partial charge on any atom is 0.277 e. The molecule has 0 bridgehead atoms. The molecular weight excluding hydrogens is 336 g/mol. The van der Waals surface area contributed by atoms with E-state index in [1.807, 2.05) is 38.1 Å². The van der Waals surface area contributed by atoms with E-state index in [1.165, 1.54) is 11.5 Å². The summed E-state index contributed by atoms with van der Waals surface area (Å²) in [6.45, 7) is 4.57. The van der Waals surface area contributed by atoms with Crippen LogP contribution in [0.4, 0.5) is 5.69 Å². The molecule has 0 unspecified atom stereocenters. The highest BCUT2D eigenvalue weighted by atomic mass is 32.1. The molecular formula is C18H22N4O2S. The lowest BCUT2D eigenvalue weighted by atomic mass is 9.64. The van der Waals surface area contributed by atoms with Crippen LogP contribution < -0.4 is 10.6 Å². The van der Waals surface area contributed by atoms with Gasteiger partial charge in [0.2, 0.25) is 5.91 Å². The Morgan fingerprint density at radius 3 is 2.48 bits per heavy atom. The maximum absolute atomic E-state index is 12.6. The zero-order chi connectivity index (χ0) is 17.9. The first-order chi connectivity index (χ1) is 12.1. The maximum atomic E-state index is 12.6. The highest BCUT2D eigenvalue weighted by Gasteiger charge is 2.45. The van der Waals surface area contributed by atoms with Crippen molar-refractivity contribution in [3.05, 3.63) is 40.4 Å². The van der Waals surface area contributed by atoms with E-state index in [-0.39, 0.29) is 11.8 Å². The van der Waals surface area contributed by atoms with E-state index in [2.05, 4.69) is 20.2 Å². The predicted octanol–water partition coefficient (Wildman–Crippen LogP) is 3.05. The molecule has 1 aromatic heterocycles. The number of nitrogens with one attached hydrogen (secondary N) is 2. The molecule has 1 aliphatic rings. The normalized spacial score (nSPS) is 15.3. The average molecular weight is 358 g/mol. The van der Waals surface area contributed by atoms with E-state index in [1.54, 1.807) is 0 Å². The van der Waals surface area contributed by atoms with Gasteiger partial charge in [-0.1, -0.05) is 30.0 Å². The van der Waals surface area contributed by atoms with Gasteiger partial charge in [0.15, 0.2) is 5.69 Å². The van der Waals surface area contributed by atoms with Gasteiger partial charge in [0.1, 0.15) is 0 Å². The van der Waals surface area contributed by atoms with Crippen LogP contribution in [0.5, 0.6) is 0 Å². The van der Waals surface area contributed by atoms with E-state index in [0.717, 1.165) is 36.1 Å². The van der Waals surface area contributed by atoms with Gasteiger partial charge < -0.3 is 10.6 Å². The smallest absolute Gasteiger partial charge is 0.277 e. The van der Waals surface area contributed by atoms with Crippen LogP contribution in [0.15, 0.2) is 24.3 Å². The Morgan fingerprint density at radius 2 is 1.96 bits per heavy atom.